The summed E-state index contributed by atoms with van der Waals surface area (Å²) in [5.41, 5.74) is 0. The van der Waals surface area contributed by atoms with Crippen LogP contribution in [0.3, 0.4) is 0 Å². The number of carbonyl (C=O) groups is 1. The Kier molecular flexibility index (Phi) is 9.10. The third kappa shape index (κ3) is 7.15. The molecule has 1 atom stereocenters. The molecule has 0 bridgehead atoms. The first-order valence-electron chi connectivity index (χ1n) is 5.13. The van der Waals surface area contributed by atoms with Gasteiger partial charge in [-0.25, -0.2) is 0 Å². The largest absolute Gasteiger partial charge is 0.381 e. The maximum atomic E-state index is 11.2. The van der Waals surface area contributed by atoms with Gasteiger partial charge in [-0.2, -0.15) is 0 Å². The van der Waals surface area contributed by atoms with E-state index in [-0.39, 0.29) is 11.8 Å². The minimum Gasteiger partial charge on any atom is -0.381 e. The van der Waals surface area contributed by atoms with E-state index in [1.807, 2.05) is 6.92 Å². The molecule has 0 aromatic heterocycles. The number of alkyl halides is 1. The van der Waals surface area contributed by atoms with Gasteiger partial charge in [-0.3, -0.25) is 4.79 Å². The maximum Gasteiger partial charge on any atom is 0.224 e. The first kappa shape index (κ1) is 13.7. The Hall–Kier alpha value is -0.280. The lowest BCUT2D eigenvalue weighted by molar-refractivity contribution is -0.123. The lowest BCUT2D eigenvalue weighted by Gasteiger charge is -2.08. The Balaban J connectivity index is 3.23. The number of rotatable bonds is 8. The predicted octanol–water partition coefficient (Wildman–Crippen LogP) is 1.79. The highest BCUT2D eigenvalue weighted by Crippen LogP contribution is 1.97. The van der Waals surface area contributed by atoms with Crippen LogP contribution in [-0.4, -0.2) is 31.5 Å². The van der Waals surface area contributed by atoms with Crippen molar-refractivity contribution in [2.45, 2.75) is 26.7 Å². The van der Waals surface area contributed by atoms with Crippen molar-refractivity contribution in [3.05, 3.63) is 0 Å². The van der Waals surface area contributed by atoms with Crippen molar-refractivity contribution in [1.29, 1.82) is 0 Å². The van der Waals surface area contributed by atoms with E-state index in [0.29, 0.717) is 19.0 Å². The highest BCUT2D eigenvalue weighted by atomic mass is 35.5. The average molecular weight is 222 g/mol. The van der Waals surface area contributed by atoms with E-state index < -0.39 is 0 Å². The van der Waals surface area contributed by atoms with E-state index in [2.05, 4.69) is 12.2 Å². The molecule has 0 heterocycles. The molecule has 0 spiro atoms. The summed E-state index contributed by atoms with van der Waals surface area (Å²) >= 11 is 5.54. The van der Waals surface area contributed by atoms with E-state index in [1.165, 1.54) is 0 Å². The molecule has 1 N–H and O–H groups in total. The van der Waals surface area contributed by atoms with Gasteiger partial charge in [0.1, 0.15) is 0 Å². The van der Waals surface area contributed by atoms with Crippen LogP contribution in [0.25, 0.3) is 0 Å². The van der Waals surface area contributed by atoms with Crippen LogP contribution in [0.15, 0.2) is 0 Å². The molecule has 14 heavy (non-hydrogen) atoms. The van der Waals surface area contributed by atoms with Gasteiger partial charge in [-0.1, -0.05) is 13.8 Å². The Bertz CT molecular complexity index is 153. The summed E-state index contributed by atoms with van der Waals surface area (Å²) in [7, 11) is 0. The van der Waals surface area contributed by atoms with E-state index in [9.17, 15) is 4.79 Å². The second-order valence-corrected chi connectivity index (χ2v) is 3.62. The third-order valence-electron chi connectivity index (χ3n) is 1.79. The van der Waals surface area contributed by atoms with E-state index >= 15 is 0 Å². The molecular formula is C10H20ClNO2. The van der Waals surface area contributed by atoms with Gasteiger partial charge in [0.15, 0.2) is 0 Å². The summed E-state index contributed by atoms with van der Waals surface area (Å²) < 4.78 is 5.27. The molecule has 0 aliphatic heterocycles. The van der Waals surface area contributed by atoms with Gasteiger partial charge in [0, 0.05) is 31.6 Å². The zero-order valence-corrected chi connectivity index (χ0v) is 9.77. The molecule has 0 aliphatic carbocycles. The molecule has 4 heteroatoms. The van der Waals surface area contributed by atoms with Gasteiger partial charge >= 0.3 is 0 Å². The predicted molar refractivity (Wildman–Crippen MR) is 58.6 cm³/mol. The van der Waals surface area contributed by atoms with E-state index in [1.54, 1.807) is 0 Å². The Labute approximate surface area is 91.2 Å². The molecule has 0 aromatic carbocycles. The van der Waals surface area contributed by atoms with Crippen molar-refractivity contribution in [1.82, 2.24) is 5.32 Å². The summed E-state index contributed by atoms with van der Waals surface area (Å²) in [5.74, 6) is 0.293. The van der Waals surface area contributed by atoms with Crippen LogP contribution in [0.2, 0.25) is 0 Å². The van der Waals surface area contributed by atoms with Gasteiger partial charge in [-0.05, 0) is 12.8 Å². The molecule has 0 aliphatic rings. The van der Waals surface area contributed by atoms with Crippen LogP contribution < -0.4 is 5.32 Å². The van der Waals surface area contributed by atoms with Crippen LogP contribution in [0.5, 0.6) is 0 Å². The standard InChI is InChI=1S/C10H20ClNO2/c1-3-6-14-7-4-5-12-10(13)9(2)8-11/h9H,3-8H2,1-2H3,(H,12,13). The lowest BCUT2D eigenvalue weighted by atomic mass is 10.2. The summed E-state index contributed by atoms with van der Waals surface area (Å²) in [6, 6.07) is 0. The van der Waals surface area contributed by atoms with E-state index in [0.717, 1.165) is 19.4 Å². The summed E-state index contributed by atoms with van der Waals surface area (Å²) in [6.45, 7) is 6.07. The van der Waals surface area contributed by atoms with Crippen molar-refractivity contribution in [3.63, 3.8) is 0 Å². The number of nitrogens with one attached hydrogen (secondary N) is 1. The maximum absolute atomic E-state index is 11.2. The van der Waals surface area contributed by atoms with Gasteiger partial charge in [-0.15, -0.1) is 11.6 Å². The topological polar surface area (TPSA) is 38.3 Å². The number of hydrogen-bond donors (Lipinski definition) is 1. The highest BCUT2D eigenvalue weighted by Gasteiger charge is 2.09. The Morgan fingerprint density at radius 1 is 1.50 bits per heavy atom. The normalized spacial score (nSPS) is 12.5. The van der Waals surface area contributed by atoms with Crippen molar-refractivity contribution < 1.29 is 9.53 Å². The SMILES string of the molecule is CCCOCCCNC(=O)C(C)CCl. The van der Waals surface area contributed by atoms with Crippen LogP contribution in [0, 0.1) is 5.92 Å². The minimum absolute atomic E-state index is 0.0236. The molecule has 0 rings (SSSR count). The molecule has 1 amide bonds. The second-order valence-electron chi connectivity index (χ2n) is 3.31. The summed E-state index contributed by atoms with van der Waals surface area (Å²) in [4.78, 5) is 11.2. The lowest BCUT2D eigenvalue weighted by Crippen LogP contribution is -2.31. The molecule has 0 radical (unpaired) electrons. The van der Waals surface area contributed by atoms with Gasteiger partial charge in [0.2, 0.25) is 5.91 Å². The fraction of sp³-hybridized carbons (Fsp3) is 0.900. The van der Waals surface area contributed by atoms with Crippen molar-refractivity contribution in [2.75, 3.05) is 25.6 Å². The van der Waals surface area contributed by atoms with Crippen molar-refractivity contribution in [2.24, 2.45) is 5.92 Å². The third-order valence-corrected chi connectivity index (χ3v) is 2.26. The number of carbonyl (C=O) groups excluding carboxylic acids is 1. The fourth-order valence-corrected chi connectivity index (χ4v) is 1.02. The Morgan fingerprint density at radius 2 is 2.21 bits per heavy atom. The molecule has 0 saturated carbocycles. The second kappa shape index (κ2) is 9.28. The summed E-state index contributed by atoms with van der Waals surface area (Å²) in [5, 5.41) is 2.81. The quantitative estimate of drug-likeness (QED) is 0.502. The smallest absolute Gasteiger partial charge is 0.224 e. The molecule has 0 aromatic rings. The minimum atomic E-state index is -0.103. The molecule has 0 fully saturated rings. The molecule has 84 valence electrons. The number of hydrogen-bond acceptors (Lipinski definition) is 2. The first-order chi connectivity index (χ1) is 6.72. The molecule has 3 nitrogen and oxygen atoms in total. The summed E-state index contributed by atoms with van der Waals surface area (Å²) in [6.07, 6.45) is 1.90. The zero-order valence-electron chi connectivity index (χ0n) is 9.01. The first-order valence-corrected chi connectivity index (χ1v) is 5.67. The Morgan fingerprint density at radius 3 is 2.79 bits per heavy atom. The van der Waals surface area contributed by atoms with Crippen LogP contribution >= 0.6 is 11.6 Å². The average Bonchev–Trinajstić information content (AvgIpc) is 2.21. The number of ether oxygens (including phenoxy) is 1. The monoisotopic (exact) mass is 221 g/mol. The van der Waals surface area contributed by atoms with Crippen LogP contribution in [0.4, 0.5) is 0 Å². The zero-order chi connectivity index (χ0) is 10.8. The van der Waals surface area contributed by atoms with Crippen molar-refractivity contribution in [3.8, 4) is 0 Å². The van der Waals surface area contributed by atoms with Gasteiger partial charge in [0.25, 0.3) is 0 Å². The fourth-order valence-electron chi connectivity index (χ4n) is 0.877. The van der Waals surface area contributed by atoms with Crippen LogP contribution in [-0.2, 0) is 9.53 Å². The van der Waals surface area contributed by atoms with Crippen molar-refractivity contribution >= 4 is 17.5 Å². The number of amides is 1. The van der Waals surface area contributed by atoms with Gasteiger partial charge < -0.3 is 10.1 Å². The number of halogens is 1. The molecule has 1 unspecified atom stereocenters. The van der Waals surface area contributed by atoms with Crippen LogP contribution in [0.1, 0.15) is 26.7 Å². The van der Waals surface area contributed by atoms with E-state index in [4.69, 9.17) is 16.3 Å². The highest BCUT2D eigenvalue weighted by molar-refractivity contribution is 6.19. The molecular weight excluding hydrogens is 202 g/mol. The molecule has 0 saturated heterocycles. The van der Waals surface area contributed by atoms with Gasteiger partial charge in [0.05, 0.1) is 0 Å².